The molecule has 0 spiro atoms. The van der Waals surface area contributed by atoms with Crippen molar-refractivity contribution in [2.75, 3.05) is 7.11 Å². The maximum Gasteiger partial charge on any atom is 0.118 e. The Balaban J connectivity index is 2.60. The molecule has 1 unspecified atom stereocenters. The van der Waals surface area contributed by atoms with E-state index in [1.165, 1.54) is 0 Å². The van der Waals surface area contributed by atoms with E-state index in [9.17, 15) is 10.4 Å². The molecule has 20 heavy (non-hydrogen) atoms. The first-order chi connectivity index (χ1) is 9.35. The lowest BCUT2D eigenvalue weighted by atomic mass is 9.93. The van der Waals surface area contributed by atoms with E-state index in [1.54, 1.807) is 7.11 Å². The van der Waals surface area contributed by atoms with Gasteiger partial charge in [-0.15, -0.1) is 0 Å². The van der Waals surface area contributed by atoms with Crippen molar-refractivity contribution in [2.24, 2.45) is 0 Å². The summed E-state index contributed by atoms with van der Waals surface area (Å²) in [6.45, 7) is 6.89. The first kappa shape index (κ1) is 16.7. The van der Waals surface area contributed by atoms with Gasteiger partial charge in [-0.2, -0.15) is 5.26 Å². The first-order valence-corrected chi connectivity index (χ1v) is 10.8. The van der Waals surface area contributed by atoms with E-state index in [-0.39, 0.29) is 5.92 Å². The van der Waals surface area contributed by atoms with Crippen molar-refractivity contribution in [3.8, 4) is 11.8 Å². The number of ether oxygens (including phenoxy) is 1. The summed E-state index contributed by atoms with van der Waals surface area (Å²) in [4.78, 5) is 0. The van der Waals surface area contributed by atoms with E-state index in [0.717, 1.165) is 23.8 Å². The number of aliphatic hydroxyl groups excluding tert-OH is 1. The highest BCUT2D eigenvalue weighted by molar-refractivity contribution is 6.76. The Hall–Kier alpha value is -1.31. The van der Waals surface area contributed by atoms with E-state index in [4.69, 9.17) is 4.74 Å². The predicted molar refractivity (Wildman–Crippen MR) is 84.7 cm³/mol. The molecule has 0 aliphatic carbocycles. The third-order valence-corrected chi connectivity index (χ3v) is 5.20. The van der Waals surface area contributed by atoms with Gasteiger partial charge in [0.05, 0.1) is 25.2 Å². The standard InChI is InChI=1S/C16H25NO2Si/c1-19-16-7-5-13(6-8-16)14(12-17)11-15(18)9-10-20(2,3)4/h5-8,14-15,18H,9-11H2,1-4H3/t14?,15-/m1/s1. The Labute approximate surface area is 123 Å². The van der Waals surface area contributed by atoms with Gasteiger partial charge in [-0.3, -0.25) is 0 Å². The molecule has 0 bridgehead atoms. The van der Waals surface area contributed by atoms with Crippen LogP contribution in [-0.2, 0) is 0 Å². The fourth-order valence-corrected chi connectivity index (χ4v) is 3.29. The molecule has 3 nitrogen and oxygen atoms in total. The average Bonchev–Trinajstić information content (AvgIpc) is 2.42. The second kappa shape index (κ2) is 7.46. The number of aliphatic hydroxyl groups is 1. The number of rotatable bonds is 7. The molecule has 0 radical (unpaired) electrons. The van der Waals surface area contributed by atoms with Crippen LogP contribution in [0.15, 0.2) is 24.3 Å². The third kappa shape index (κ3) is 5.77. The minimum atomic E-state index is -1.13. The summed E-state index contributed by atoms with van der Waals surface area (Å²) in [5.41, 5.74) is 0.945. The highest BCUT2D eigenvalue weighted by Gasteiger charge is 2.19. The molecular weight excluding hydrogens is 266 g/mol. The van der Waals surface area contributed by atoms with Crippen molar-refractivity contribution >= 4 is 8.07 Å². The van der Waals surface area contributed by atoms with Crippen LogP contribution in [0.4, 0.5) is 0 Å². The van der Waals surface area contributed by atoms with Gasteiger partial charge in [-0.05, 0) is 30.5 Å². The van der Waals surface area contributed by atoms with Crippen molar-refractivity contribution < 1.29 is 9.84 Å². The normalized spacial score (nSPS) is 14.4. The largest absolute Gasteiger partial charge is 0.497 e. The molecule has 0 heterocycles. The van der Waals surface area contributed by atoms with Gasteiger partial charge in [-0.25, -0.2) is 0 Å². The van der Waals surface area contributed by atoms with Crippen LogP contribution >= 0.6 is 0 Å². The van der Waals surface area contributed by atoms with Crippen LogP contribution in [0.25, 0.3) is 0 Å². The van der Waals surface area contributed by atoms with Gasteiger partial charge in [0.15, 0.2) is 0 Å². The van der Waals surface area contributed by atoms with E-state index in [1.807, 2.05) is 24.3 Å². The Bertz CT molecular complexity index is 445. The fourth-order valence-electron chi connectivity index (χ4n) is 2.09. The zero-order valence-electron chi connectivity index (χ0n) is 12.9. The number of methoxy groups -OCH3 is 1. The SMILES string of the molecule is COc1ccc(C(C#N)C[C@H](O)CC[Si](C)(C)C)cc1. The first-order valence-electron chi connectivity index (χ1n) is 7.07. The molecule has 0 amide bonds. The topological polar surface area (TPSA) is 53.2 Å². The highest BCUT2D eigenvalue weighted by Crippen LogP contribution is 2.25. The van der Waals surface area contributed by atoms with Crippen LogP contribution in [0, 0.1) is 11.3 Å². The number of nitriles is 1. The average molecular weight is 291 g/mol. The zero-order chi connectivity index (χ0) is 15.2. The van der Waals surface area contributed by atoms with Crippen molar-refractivity contribution in [3.05, 3.63) is 29.8 Å². The molecular formula is C16H25NO2Si. The second-order valence-electron chi connectivity index (χ2n) is 6.44. The van der Waals surface area contributed by atoms with E-state index < -0.39 is 14.2 Å². The van der Waals surface area contributed by atoms with Crippen molar-refractivity contribution in [2.45, 2.75) is 50.5 Å². The molecule has 0 fully saturated rings. The summed E-state index contributed by atoms with van der Waals surface area (Å²) < 4.78 is 5.11. The molecule has 1 N–H and O–H groups in total. The van der Waals surface area contributed by atoms with Gasteiger partial charge in [0.25, 0.3) is 0 Å². The van der Waals surface area contributed by atoms with Crippen LogP contribution in [0.2, 0.25) is 25.7 Å². The molecule has 0 aromatic heterocycles. The molecule has 4 heteroatoms. The van der Waals surface area contributed by atoms with Gasteiger partial charge < -0.3 is 9.84 Å². The molecule has 1 rings (SSSR count). The van der Waals surface area contributed by atoms with Gasteiger partial charge >= 0.3 is 0 Å². The molecule has 0 saturated heterocycles. The van der Waals surface area contributed by atoms with Crippen LogP contribution in [0.1, 0.15) is 24.3 Å². The van der Waals surface area contributed by atoms with Gasteiger partial charge in [0.2, 0.25) is 0 Å². The molecule has 1 aromatic carbocycles. The molecule has 0 saturated carbocycles. The summed E-state index contributed by atoms with van der Waals surface area (Å²) in [6, 6.07) is 10.9. The minimum Gasteiger partial charge on any atom is -0.497 e. The Kier molecular flexibility index (Phi) is 6.25. The predicted octanol–water partition coefficient (Wildman–Crippen LogP) is 3.78. The second-order valence-corrected chi connectivity index (χ2v) is 12.1. The monoisotopic (exact) mass is 291 g/mol. The van der Waals surface area contributed by atoms with E-state index >= 15 is 0 Å². The molecule has 1 aromatic rings. The van der Waals surface area contributed by atoms with Crippen LogP contribution in [0.3, 0.4) is 0 Å². The van der Waals surface area contributed by atoms with Crippen LogP contribution in [0.5, 0.6) is 5.75 Å². The van der Waals surface area contributed by atoms with Crippen molar-refractivity contribution in [1.29, 1.82) is 5.26 Å². The highest BCUT2D eigenvalue weighted by atomic mass is 28.3. The fraction of sp³-hybridized carbons (Fsp3) is 0.562. The van der Waals surface area contributed by atoms with E-state index in [0.29, 0.717) is 6.42 Å². The zero-order valence-corrected chi connectivity index (χ0v) is 13.9. The lowest BCUT2D eigenvalue weighted by Gasteiger charge is -2.20. The Morgan fingerprint density at radius 1 is 1.25 bits per heavy atom. The molecule has 110 valence electrons. The summed E-state index contributed by atoms with van der Waals surface area (Å²) in [5, 5.41) is 19.4. The maximum atomic E-state index is 10.1. The summed E-state index contributed by atoms with van der Waals surface area (Å²) in [7, 11) is 0.490. The van der Waals surface area contributed by atoms with Crippen LogP contribution in [-0.4, -0.2) is 26.4 Å². The summed E-state index contributed by atoms with van der Waals surface area (Å²) >= 11 is 0. The van der Waals surface area contributed by atoms with Crippen molar-refractivity contribution in [1.82, 2.24) is 0 Å². The van der Waals surface area contributed by atoms with E-state index in [2.05, 4.69) is 25.7 Å². The molecule has 0 aliphatic rings. The smallest absolute Gasteiger partial charge is 0.118 e. The third-order valence-electron chi connectivity index (χ3n) is 3.41. The summed E-state index contributed by atoms with van der Waals surface area (Å²) in [5.74, 6) is 0.530. The van der Waals surface area contributed by atoms with Gasteiger partial charge in [0.1, 0.15) is 5.75 Å². The lowest BCUT2D eigenvalue weighted by Crippen LogP contribution is -2.22. The lowest BCUT2D eigenvalue weighted by molar-refractivity contribution is 0.156. The quantitative estimate of drug-likeness (QED) is 0.778. The Morgan fingerprint density at radius 3 is 2.30 bits per heavy atom. The Morgan fingerprint density at radius 2 is 1.85 bits per heavy atom. The molecule has 2 atom stereocenters. The number of hydrogen-bond donors (Lipinski definition) is 1. The number of hydrogen-bond acceptors (Lipinski definition) is 3. The summed E-state index contributed by atoms with van der Waals surface area (Å²) in [6.07, 6.45) is 0.908. The number of nitrogens with zero attached hydrogens (tertiary/aromatic N) is 1. The number of benzene rings is 1. The van der Waals surface area contributed by atoms with Crippen molar-refractivity contribution in [3.63, 3.8) is 0 Å². The van der Waals surface area contributed by atoms with Crippen LogP contribution < -0.4 is 4.74 Å². The maximum absolute atomic E-state index is 10.1. The molecule has 0 aliphatic heterocycles. The van der Waals surface area contributed by atoms with Gasteiger partial charge in [-0.1, -0.05) is 37.8 Å². The van der Waals surface area contributed by atoms with Gasteiger partial charge in [0, 0.05) is 8.07 Å². The minimum absolute atomic E-state index is 0.252.